The number of H-pyrrole nitrogens is 1. The summed E-state index contributed by atoms with van der Waals surface area (Å²) in [5.74, 6) is 2.06. The second-order valence-corrected chi connectivity index (χ2v) is 8.00. The van der Waals surface area contributed by atoms with Crippen molar-refractivity contribution < 1.29 is 0 Å². The van der Waals surface area contributed by atoms with E-state index < -0.39 is 0 Å². The second kappa shape index (κ2) is 8.84. The van der Waals surface area contributed by atoms with Crippen molar-refractivity contribution in [2.75, 3.05) is 54.4 Å². The predicted octanol–water partition coefficient (Wildman–Crippen LogP) is 1.64. The molecule has 31 heavy (non-hydrogen) atoms. The summed E-state index contributed by atoms with van der Waals surface area (Å²) < 4.78 is 0. The highest BCUT2D eigenvalue weighted by atomic mass is 16.1. The third-order valence-corrected chi connectivity index (χ3v) is 5.85. The molecule has 0 saturated carbocycles. The molecule has 5 heterocycles. The number of piperazine rings is 1. The molecule has 3 N–H and O–H groups in total. The van der Waals surface area contributed by atoms with Gasteiger partial charge in [0.05, 0.1) is 18.1 Å². The van der Waals surface area contributed by atoms with Gasteiger partial charge in [0.2, 0.25) is 5.95 Å². The van der Waals surface area contributed by atoms with Crippen molar-refractivity contribution in [3.8, 4) is 0 Å². The van der Waals surface area contributed by atoms with Crippen LogP contribution in [0.1, 0.15) is 25.7 Å². The van der Waals surface area contributed by atoms with E-state index in [1.807, 2.05) is 12.1 Å². The SMILES string of the molecule is O=c1[nH]ncc2nc(N3CCCCCC3)nc(Nc3ccc(N4CCNCC4)nc3)c12. The van der Waals surface area contributed by atoms with E-state index in [2.05, 4.69) is 40.6 Å². The molecule has 162 valence electrons. The van der Waals surface area contributed by atoms with Crippen molar-refractivity contribution in [1.29, 1.82) is 0 Å². The Hall–Kier alpha value is -3.27. The molecule has 0 aliphatic carbocycles. The number of rotatable bonds is 4. The predicted molar refractivity (Wildman–Crippen MR) is 121 cm³/mol. The summed E-state index contributed by atoms with van der Waals surface area (Å²) in [4.78, 5) is 31.0. The summed E-state index contributed by atoms with van der Waals surface area (Å²) in [6, 6.07) is 3.97. The van der Waals surface area contributed by atoms with Crippen LogP contribution in [-0.2, 0) is 0 Å². The maximum Gasteiger partial charge on any atom is 0.277 e. The Balaban J connectivity index is 1.47. The Labute approximate surface area is 180 Å². The molecule has 0 atom stereocenters. The first-order valence-electron chi connectivity index (χ1n) is 11.0. The van der Waals surface area contributed by atoms with Crippen LogP contribution in [0.15, 0.2) is 29.3 Å². The molecular weight excluding hydrogens is 394 g/mol. The number of nitrogens with one attached hydrogen (secondary N) is 3. The maximum absolute atomic E-state index is 12.5. The Kier molecular flexibility index (Phi) is 5.61. The fourth-order valence-electron chi connectivity index (χ4n) is 4.17. The molecule has 2 fully saturated rings. The van der Waals surface area contributed by atoms with Gasteiger partial charge in [-0.3, -0.25) is 4.79 Å². The molecule has 3 aromatic rings. The van der Waals surface area contributed by atoms with E-state index in [-0.39, 0.29) is 5.56 Å². The quantitative estimate of drug-likeness (QED) is 0.578. The van der Waals surface area contributed by atoms with Gasteiger partial charge in [-0.2, -0.15) is 10.1 Å². The number of hydrogen-bond acceptors (Lipinski definition) is 9. The van der Waals surface area contributed by atoms with Gasteiger partial charge in [-0.1, -0.05) is 12.8 Å². The van der Waals surface area contributed by atoms with Crippen LogP contribution in [0.4, 0.5) is 23.3 Å². The summed E-state index contributed by atoms with van der Waals surface area (Å²) in [5.41, 5.74) is 0.996. The van der Waals surface area contributed by atoms with Crippen LogP contribution in [0.3, 0.4) is 0 Å². The zero-order valence-electron chi connectivity index (χ0n) is 17.5. The van der Waals surface area contributed by atoms with Gasteiger partial charge < -0.3 is 20.4 Å². The van der Waals surface area contributed by atoms with Crippen LogP contribution in [0.25, 0.3) is 10.9 Å². The normalized spacial score (nSPS) is 17.5. The highest BCUT2D eigenvalue weighted by Gasteiger charge is 2.18. The third kappa shape index (κ3) is 4.29. The lowest BCUT2D eigenvalue weighted by atomic mass is 10.2. The summed E-state index contributed by atoms with van der Waals surface area (Å²) in [7, 11) is 0. The minimum Gasteiger partial charge on any atom is -0.354 e. The molecule has 0 unspecified atom stereocenters. The second-order valence-electron chi connectivity index (χ2n) is 8.00. The molecular formula is C21H27N9O. The highest BCUT2D eigenvalue weighted by Crippen LogP contribution is 2.25. The number of fused-ring (bicyclic) bond motifs is 1. The molecule has 0 bridgehead atoms. The van der Waals surface area contributed by atoms with Crippen molar-refractivity contribution in [3.05, 3.63) is 34.9 Å². The first-order valence-corrected chi connectivity index (χ1v) is 11.0. The van der Waals surface area contributed by atoms with Crippen LogP contribution in [-0.4, -0.2) is 64.4 Å². The minimum absolute atomic E-state index is 0.312. The lowest BCUT2D eigenvalue weighted by molar-refractivity contribution is 0.585. The summed E-state index contributed by atoms with van der Waals surface area (Å²) in [6.07, 6.45) is 8.05. The fraction of sp³-hybridized carbons (Fsp3) is 0.476. The number of hydrogen-bond donors (Lipinski definition) is 3. The van der Waals surface area contributed by atoms with Crippen LogP contribution < -0.4 is 26.0 Å². The van der Waals surface area contributed by atoms with E-state index in [0.717, 1.165) is 63.6 Å². The highest BCUT2D eigenvalue weighted by molar-refractivity contribution is 5.90. The Morgan fingerprint density at radius 2 is 1.71 bits per heavy atom. The van der Waals surface area contributed by atoms with E-state index >= 15 is 0 Å². The van der Waals surface area contributed by atoms with Gasteiger partial charge in [0.1, 0.15) is 22.5 Å². The first-order chi connectivity index (χ1) is 15.3. The zero-order valence-corrected chi connectivity index (χ0v) is 17.5. The number of anilines is 4. The summed E-state index contributed by atoms with van der Waals surface area (Å²) >= 11 is 0. The van der Waals surface area contributed by atoms with E-state index in [4.69, 9.17) is 4.98 Å². The number of aromatic nitrogens is 5. The molecule has 0 radical (unpaired) electrons. The van der Waals surface area contributed by atoms with E-state index in [9.17, 15) is 4.79 Å². The van der Waals surface area contributed by atoms with Gasteiger partial charge in [-0.15, -0.1) is 0 Å². The van der Waals surface area contributed by atoms with Crippen molar-refractivity contribution >= 4 is 34.2 Å². The van der Waals surface area contributed by atoms with Gasteiger partial charge in [0, 0.05) is 39.3 Å². The molecule has 2 aliphatic rings. The lowest BCUT2D eigenvalue weighted by Gasteiger charge is -2.28. The largest absolute Gasteiger partial charge is 0.354 e. The fourth-order valence-corrected chi connectivity index (χ4v) is 4.17. The van der Waals surface area contributed by atoms with Crippen LogP contribution in [0.5, 0.6) is 0 Å². The molecule has 5 rings (SSSR count). The molecule has 2 saturated heterocycles. The van der Waals surface area contributed by atoms with Crippen molar-refractivity contribution in [3.63, 3.8) is 0 Å². The van der Waals surface area contributed by atoms with E-state index in [0.29, 0.717) is 22.7 Å². The van der Waals surface area contributed by atoms with E-state index in [1.165, 1.54) is 12.8 Å². The van der Waals surface area contributed by atoms with Gasteiger partial charge in [0.25, 0.3) is 5.56 Å². The summed E-state index contributed by atoms with van der Waals surface area (Å²) in [6.45, 7) is 5.65. The molecule has 0 amide bonds. The topological polar surface area (TPSA) is 115 Å². The minimum atomic E-state index is -0.312. The standard InChI is InChI=1S/C21H27N9O/c31-20-18-16(14-24-28-20)26-21(30-9-3-1-2-4-10-30)27-19(18)25-15-5-6-17(23-13-15)29-11-7-22-8-12-29/h5-6,13-14,22H,1-4,7-12H2,(H,28,31)(H,25,26,27). The van der Waals surface area contributed by atoms with Crippen molar-refractivity contribution in [2.24, 2.45) is 0 Å². The average Bonchev–Trinajstić information content (AvgIpc) is 3.10. The zero-order chi connectivity index (χ0) is 21.0. The number of nitrogens with zero attached hydrogens (tertiary/aromatic N) is 6. The Bertz CT molecular complexity index is 1080. The molecule has 10 heteroatoms. The van der Waals surface area contributed by atoms with Crippen molar-refractivity contribution in [1.82, 2.24) is 30.5 Å². The third-order valence-electron chi connectivity index (χ3n) is 5.85. The Morgan fingerprint density at radius 3 is 2.45 bits per heavy atom. The smallest absolute Gasteiger partial charge is 0.277 e. The summed E-state index contributed by atoms with van der Waals surface area (Å²) in [5, 5.41) is 13.5. The van der Waals surface area contributed by atoms with Gasteiger partial charge in [-0.25, -0.2) is 15.1 Å². The van der Waals surface area contributed by atoms with E-state index in [1.54, 1.807) is 12.4 Å². The molecule has 3 aromatic heterocycles. The van der Waals surface area contributed by atoms with Crippen LogP contribution in [0.2, 0.25) is 0 Å². The van der Waals surface area contributed by atoms with Crippen molar-refractivity contribution in [2.45, 2.75) is 25.7 Å². The number of aromatic amines is 1. The first kappa shape index (κ1) is 19.7. The average molecular weight is 422 g/mol. The van der Waals surface area contributed by atoms with Gasteiger partial charge in [0.15, 0.2) is 0 Å². The Morgan fingerprint density at radius 1 is 0.903 bits per heavy atom. The number of pyridine rings is 1. The van der Waals surface area contributed by atoms with Crippen LogP contribution in [0, 0.1) is 0 Å². The molecule has 0 aromatic carbocycles. The maximum atomic E-state index is 12.5. The monoisotopic (exact) mass is 421 g/mol. The van der Waals surface area contributed by atoms with Gasteiger partial charge in [-0.05, 0) is 25.0 Å². The van der Waals surface area contributed by atoms with Gasteiger partial charge >= 0.3 is 0 Å². The molecule has 2 aliphatic heterocycles. The molecule has 10 nitrogen and oxygen atoms in total. The molecule has 0 spiro atoms. The lowest BCUT2D eigenvalue weighted by Crippen LogP contribution is -2.43. The van der Waals surface area contributed by atoms with Crippen LogP contribution >= 0.6 is 0 Å².